The summed E-state index contributed by atoms with van der Waals surface area (Å²) in [5.74, 6) is -1.13. The van der Waals surface area contributed by atoms with Gasteiger partial charge in [-0.2, -0.15) is 5.69 Å². The Bertz CT molecular complexity index is 1120. The zero-order valence-corrected chi connectivity index (χ0v) is 19.6. The van der Waals surface area contributed by atoms with E-state index in [0.29, 0.717) is 28.3 Å². The van der Waals surface area contributed by atoms with Crippen LogP contribution in [0.4, 0.5) is 5.95 Å². The Morgan fingerprint density at radius 1 is 1.15 bits per heavy atom. The van der Waals surface area contributed by atoms with Crippen LogP contribution >= 0.6 is 0 Å². The first-order valence-corrected chi connectivity index (χ1v) is 7.41. The minimum absolute atomic E-state index is 0. The number of aromatic carboxylic acids is 1. The van der Waals surface area contributed by atoms with Gasteiger partial charge in [-0.3, -0.25) is 0 Å². The predicted molar refractivity (Wildman–Crippen MR) is 91.4 cm³/mol. The second-order valence-corrected chi connectivity index (χ2v) is 5.31. The van der Waals surface area contributed by atoms with E-state index in [9.17, 15) is 9.90 Å². The molecule has 7 nitrogen and oxygen atoms in total. The number of pyridine rings is 1. The Kier molecular flexibility index (Phi) is 6.98. The Hall–Kier alpha value is -1.95. The van der Waals surface area contributed by atoms with Crippen LogP contribution in [0.15, 0.2) is 54.9 Å². The molecule has 1 aromatic carbocycles. The van der Waals surface area contributed by atoms with Crippen molar-refractivity contribution < 1.29 is 63.7 Å². The number of carboxylic acid groups (broad SMARTS) is 1. The van der Waals surface area contributed by atoms with Crippen LogP contribution in [0, 0.1) is 6.07 Å². The predicted octanol–water partition coefficient (Wildman–Crippen LogP) is 3.64. The van der Waals surface area contributed by atoms with Gasteiger partial charge in [-0.05, 0) is 36.0 Å². The van der Waals surface area contributed by atoms with E-state index in [0.717, 1.165) is 0 Å². The maximum atomic E-state index is 11.3. The molecular formula is C18H11N5O2WY-2. The number of aromatic nitrogens is 4. The van der Waals surface area contributed by atoms with E-state index in [4.69, 9.17) is 5.73 Å². The van der Waals surface area contributed by atoms with Crippen LogP contribution in [0.3, 0.4) is 0 Å². The normalized spacial score (nSPS) is 10.1. The van der Waals surface area contributed by atoms with Gasteiger partial charge < -0.3 is 25.2 Å². The molecule has 3 heterocycles. The maximum Gasteiger partial charge on any atom is 0.335 e. The van der Waals surface area contributed by atoms with Crippen molar-refractivity contribution >= 4 is 17.6 Å². The fraction of sp³-hybridized carbons (Fsp3) is 0. The van der Waals surface area contributed by atoms with Crippen molar-refractivity contribution in [2.75, 3.05) is 0 Å². The van der Waals surface area contributed by atoms with E-state index in [-0.39, 0.29) is 65.3 Å². The van der Waals surface area contributed by atoms with Gasteiger partial charge in [0.05, 0.1) is 5.56 Å². The number of nitrogens with one attached hydrogen (secondary N) is 1. The van der Waals surface area contributed by atoms with E-state index in [1.807, 2.05) is 28.8 Å². The van der Waals surface area contributed by atoms with E-state index in [1.54, 1.807) is 18.2 Å². The number of imidazole rings is 1. The van der Waals surface area contributed by atoms with E-state index in [2.05, 4.69) is 21.0 Å². The van der Waals surface area contributed by atoms with Gasteiger partial charge in [-0.15, -0.1) is 6.20 Å². The average Bonchev–Trinajstić information content (AvgIpc) is 3.01. The van der Waals surface area contributed by atoms with Crippen molar-refractivity contribution in [1.29, 1.82) is 0 Å². The smallest absolute Gasteiger partial charge is 0.335 e. The second-order valence-electron chi connectivity index (χ2n) is 5.31. The number of carbonyl (C=O) groups is 1. The molecule has 0 saturated heterocycles. The Morgan fingerprint density at radius 3 is 2.70 bits per heavy atom. The van der Waals surface area contributed by atoms with Crippen molar-refractivity contribution in [3.05, 3.63) is 72.2 Å². The summed E-state index contributed by atoms with van der Waals surface area (Å²) in [7, 11) is 0. The van der Waals surface area contributed by atoms with Gasteiger partial charge in [0.2, 0.25) is 0 Å². The Morgan fingerprint density at radius 2 is 1.96 bits per heavy atom. The number of hydrogen-bond donors (Lipinski definition) is 1. The molecule has 0 bridgehead atoms. The summed E-state index contributed by atoms with van der Waals surface area (Å²) in [5.41, 5.74) is 10.8. The number of nitrogens with zero attached hydrogens (tertiary/aromatic N) is 4. The van der Waals surface area contributed by atoms with Crippen LogP contribution in [-0.2, 0) is 53.8 Å². The fourth-order valence-electron chi connectivity index (χ4n) is 2.67. The molecule has 4 aromatic rings. The molecule has 4 rings (SSSR count). The number of carboxylic acids is 1. The van der Waals surface area contributed by atoms with Gasteiger partial charge in [0.1, 0.15) is 5.65 Å². The summed E-state index contributed by atoms with van der Waals surface area (Å²) in [5, 5.41) is 9.24. The molecule has 0 unspecified atom stereocenters. The van der Waals surface area contributed by atoms with Crippen molar-refractivity contribution in [3.8, 4) is 22.6 Å². The Labute approximate surface area is 194 Å². The van der Waals surface area contributed by atoms with Crippen LogP contribution in [-0.4, -0.2) is 30.4 Å². The molecule has 0 saturated carbocycles. The summed E-state index contributed by atoms with van der Waals surface area (Å²) in [6.45, 7) is 0. The molecule has 2 N–H and O–H groups in total. The molecule has 131 valence electrons. The van der Waals surface area contributed by atoms with Gasteiger partial charge in [-0.25, -0.2) is 15.8 Å². The minimum atomic E-state index is -1.01. The third-order valence-electron chi connectivity index (χ3n) is 3.74. The van der Waals surface area contributed by atoms with Crippen LogP contribution in [0.5, 0.6) is 0 Å². The van der Waals surface area contributed by atoms with E-state index in [1.165, 1.54) is 12.3 Å². The molecular weight excluding hydrogens is 591 g/mol. The molecule has 0 amide bonds. The third-order valence-corrected chi connectivity index (χ3v) is 3.74. The molecule has 0 atom stereocenters. The summed E-state index contributed by atoms with van der Waals surface area (Å²) in [6, 6.07) is 15.1. The van der Waals surface area contributed by atoms with Gasteiger partial charge in [0.15, 0.2) is 0 Å². The van der Waals surface area contributed by atoms with Crippen molar-refractivity contribution in [1.82, 2.24) is 19.4 Å². The zero-order chi connectivity index (χ0) is 17.4. The monoisotopic (exact) mass is 602 g/mol. The molecule has 0 aliphatic rings. The van der Waals surface area contributed by atoms with Gasteiger partial charge in [0.25, 0.3) is 0 Å². The fourth-order valence-corrected chi connectivity index (χ4v) is 2.67. The average molecular weight is 602 g/mol. The summed E-state index contributed by atoms with van der Waals surface area (Å²) in [6.07, 6.45) is 3.23. The van der Waals surface area contributed by atoms with Gasteiger partial charge in [-0.1, -0.05) is 23.9 Å². The SMILES string of the molecule is [NH-]c1nc[c-]c(-c2c(-c3cccc(C(=O)O)c3)nc3ccccn23)n1.[W].[Y]. The topological polar surface area (TPSA) is 104 Å². The zero-order valence-electron chi connectivity index (χ0n) is 13.8. The molecule has 3 aromatic heterocycles. The molecule has 0 aliphatic carbocycles. The molecule has 0 spiro atoms. The third kappa shape index (κ3) is 4.16. The first kappa shape index (κ1) is 21.4. The minimum Gasteiger partial charge on any atom is -0.478 e. The molecule has 0 aliphatic heterocycles. The van der Waals surface area contributed by atoms with E-state index < -0.39 is 5.97 Å². The van der Waals surface area contributed by atoms with Crippen LogP contribution in [0.25, 0.3) is 34.0 Å². The first-order valence-electron chi connectivity index (χ1n) is 7.41. The Balaban J connectivity index is 0.00000131. The summed E-state index contributed by atoms with van der Waals surface area (Å²) in [4.78, 5) is 23.8. The number of fused-ring (bicyclic) bond motifs is 1. The standard InChI is InChI=1S/C18H12N5O2.W.Y/c19-18-20-8-7-13(21-18)16-15(22-14-6-1-2-9-23(14)16)11-4-3-5-12(10-11)17(24)25;;/h1-6,8-10H,(H3,19,20,21,24,25);;/q-1;;/p-1. The maximum absolute atomic E-state index is 11.3. The summed E-state index contributed by atoms with van der Waals surface area (Å²) >= 11 is 0. The van der Waals surface area contributed by atoms with Crippen molar-refractivity contribution in [3.63, 3.8) is 0 Å². The summed E-state index contributed by atoms with van der Waals surface area (Å²) < 4.78 is 1.83. The van der Waals surface area contributed by atoms with Crippen molar-refractivity contribution in [2.45, 2.75) is 0 Å². The van der Waals surface area contributed by atoms with Crippen LogP contribution in [0.1, 0.15) is 10.4 Å². The molecule has 0 fully saturated rings. The molecule has 1 radical (unpaired) electrons. The van der Waals surface area contributed by atoms with Crippen LogP contribution < -0.4 is 0 Å². The second kappa shape index (κ2) is 8.83. The largest absolute Gasteiger partial charge is 0.478 e. The molecule has 9 heteroatoms. The van der Waals surface area contributed by atoms with Crippen LogP contribution in [0.2, 0.25) is 0 Å². The van der Waals surface area contributed by atoms with Gasteiger partial charge >= 0.3 is 5.97 Å². The van der Waals surface area contributed by atoms with Crippen molar-refractivity contribution in [2.24, 2.45) is 0 Å². The van der Waals surface area contributed by atoms with Gasteiger partial charge in [0, 0.05) is 65.4 Å². The van der Waals surface area contributed by atoms with E-state index >= 15 is 0 Å². The molecule has 27 heavy (non-hydrogen) atoms. The number of rotatable bonds is 3. The quantitative estimate of drug-likeness (QED) is 0.361. The number of hydrogen-bond acceptors (Lipinski definition) is 4. The first-order chi connectivity index (χ1) is 12.1. The number of benzene rings is 1.